The summed E-state index contributed by atoms with van der Waals surface area (Å²) in [5.74, 6) is -0.730. The Kier molecular flexibility index (Phi) is 3.82. The van der Waals surface area contributed by atoms with Crippen LogP contribution in [0.25, 0.3) is 16.6 Å². The SMILES string of the molecule is N#Cc1cc(F)c(-n2ncc3cnc(Nc4cc(N)ncn4)cc32)c(F)c1. The van der Waals surface area contributed by atoms with E-state index in [1.54, 1.807) is 12.1 Å². The predicted molar refractivity (Wildman–Crippen MR) is 93.2 cm³/mol. The van der Waals surface area contributed by atoms with Crippen LogP contribution >= 0.6 is 0 Å². The molecular formula is C17H10F2N8. The molecule has 4 aromatic rings. The number of hydrogen-bond donors (Lipinski definition) is 2. The number of nitrogen functional groups attached to an aromatic ring is 1. The highest BCUT2D eigenvalue weighted by molar-refractivity contribution is 5.82. The van der Waals surface area contributed by atoms with Crippen LogP contribution in [0.5, 0.6) is 0 Å². The smallest absolute Gasteiger partial charge is 0.153 e. The molecule has 0 atom stereocenters. The minimum absolute atomic E-state index is 0.115. The van der Waals surface area contributed by atoms with E-state index in [0.717, 1.165) is 16.8 Å². The lowest BCUT2D eigenvalue weighted by Gasteiger charge is -2.09. The molecule has 0 radical (unpaired) electrons. The molecular weight excluding hydrogens is 354 g/mol. The van der Waals surface area contributed by atoms with Crippen molar-refractivity contribution in [2.45, 2.75) is 0 Å². The van der Waals surface area contributed by atoms with Crippen LogP contribution in [-0.2, 0) is 0 Å². The van der Waals surface area contributed by atoms with E-state index in [1.807, 2.05) is 0 Å². The van der Waals surface area contributed by atoms with Crippen LogP contribution in [0.2, 0.25) is 0 Å². The van der Waals surface area contributed by atoms with E-state index in [4.69, 9.17) is 11.0 Å². The Morgan fingerprint density at radius 1 is 1.00 bits per heavy atom. The average Bonchev–Trinajstić information content (AvgIpc) is 3.04. The molecule has 0 aliphatic heterocycles. The lowest BCUT2D eigenvalue weighted by Crippen LogP contribution is -2.04. The number of aromatic nitrogens is 5. The first kappa shape index (κ1) is 16.3. The summed E-state index contributed by atoms with van der Waals surface area (Å²) in [7, 11) is 0. The lowest BCUT2D eigenvalue weighted by atomic mass is 10.2. The molecule has 0 unspecified atom stereocenters. The van der Waals surface area contributed by atoms with Crippen LogP contribution in [0.3, 0.4) is 0 Å². The van der Waals surface area contributed by atoms with Crippen LogP contribution in [0.4, 0.5) is 26.2 Å². The van der Waals surface area contributed by atoms with E-state index in [2.05, 4.69) is 25.4 Å². The number of nitrogens with one attached hydrogen (secondary N) is 1. The first-order chi connectivity index (χ1) is 13.0. The number of nitriles is 1. The summed E-state index contributed by atoms with van der Waals surface area (Å²) >= 11 is 0. The molecule has 3 N–H and O–H groups in total. The predicted octanol–water partition coefficient (Wildman–Crippen LogP) is 2.69. The monoisotopic (exact) mass is 364 g/mol. The van der Waals surface area contributed by atoms with Gasteiger partial charge in [-0.3, -0.25) is 0 Å². The molecule has 0 aliphatic carbocycles. The van der Waals surface area contributed by atoms with Gasteiger partial charge in [0.1, 0.15) is 29.5 Å². The van der Waals surface area contributed by atoms with Crippen molar-refractivity contribution in [3.8, 4) is 11.8 Å². The van der Waals surface area contributed by atoms with Crippen molar-refractivity contribution in [3.05, 3.63) is 60.2 Å². The molecule has 0 bridgehead atoms. The molecule has 0 aliphatic rings. The zero-order valence-electron chi connectivity index (χ0n) is 13.6. The Bertz CT molecular complexity index is 1190. The van der Waals surface area contributed by atoms with E-state index in [0.29, 0.717) is 22.5 Å². The van der Waals surface area contributed by atoms with E-state index >= 15 is 0 Å². The van der Waals surface area contributed by atoms with Crippen molar-refractivity contribution in [1.29, 1.82) is 5.26 Å². The number of hydrogen-bond acceptors (Lipinski definition) is 7. The van der Waals surface area contributed by atoms with E-state index < -0.39 is 11.6 Å². The molecule has 3 heterocycles. The Balaban J connectivity index is 1.81. The number of halogens is 2. The topological polar surface area (TPSA) is 118 Å². The molecule has 4 rings (SSSR count). The number of rotatable bonds is 3. The number of nitrogens with zero attached hydrogens (tertiary/aromatic N) is 6. The van der Waals surface area contributed by atoms with Gasteiger partial charge in [0.25, 0.3) is 0 Å². The van der Waals surface area contributed by atoms with Gasteiger partial charge in [0.15, 0.2) is 11.6 Å². The summed E-state index contributed by atoms with van der Waals surface area (Å²) in [5.41, 5.74) is 5.53. The number of nitrogens with two attached hydrogens (primary N) is 1. The third-order valence-corrected chi connectivity index (χ3v) is 3.75. The molecule has 0 saturated heterocycles. The maximum atomic E-state index is 14.4. The standard InChI is InChI=1S/C17H10F2N8/c18-11-1-9(5-20)2-12(19)17(11)27-13-3-15(22-6-10(13)7-25-27)26-16-4-14(21)23-8-24-16/h1-4,6-8H,(H3,21,22,23,24,26). The van der Waals surface area contributed by atoms with Gasteiger partial charge in [-0.05, 0) is 12.1 Å². The highest BCUT2D eigenvalue weighted by atomic mass is 19.1. The van der Waals surface area contributed by atoms with Crippen molar-refractivity contribution < 1.29 is 8.78 Å². The third-order valence-electron chi connectivity index (χ3n) is 3.75. The van der Waals surface area contributed by atoms with Gasteiger partial charge < -0.3 is 11.1 Å². The highest BCUT2D eigenvalue weighted by Gasteiger charge is 2.17. The number of fused-ring (bicyclic) bond motifs is 1. The summed E-state index contributed by atoms with van der Waals surface area (Å²) in [5, 5.41) is 16.4. The average molecular weight is 364 g/mol. The molecule has 1 aromatic carbocycles. The fourth-order valence-electron chi connectivity index (χ4n) is 2.57. The van der Waals surface area contributed by atoms with Crippen LogP contribution in [0, 0.1) is 23.0 Å². The molecule has 27 heavy (non-hydrogen) atoms. The fourth-order valence-corrected chi connectivity index (χ4v) is 2.57. The van der Waals surface area contributed by atoms with Crippen LogP contribution in [-0.4, -0.2) is 24.7 Å². The van der Waals surface area contributed by atoms with Crippen LogP contribution in [0.15, 0.2) is 43.0 Å². The van der Waals surface area contributed by atoms with Crippen LogP contribution < -0.4 is 11.1 Å². The summed E-state index contributed by atoms with van der Waals surface area (Å²) in [4.78, 5) is 12.0. The maximum absolute atomic E-state index is 14.4. The maximum Gasteiger partial charge on any atom is 0.153 e. The van der Waals surface area contributed by atoms with Gasteiger partial charge in [-0.15, -0.1) is 0 Å². The molecule has 0 fully saturated rings. The molecule has 0 spiro atoms. The summed E-state index contributed by atoms with van der Waals surface area (Å²) in [6, 6.07) is 6.70. The first-order valence-corrected chi connectivity index (χ1v) is 7.63. The number of pyridine rings is 1. The fraction of sp³-hybridized carbons (Fsp3) is 0. The van der Waals surface area contributed by atoms with Crippen molar-refractivity contribution in [2.24, 2.45) is 0 Å². The summed E-state index contributed by atoms with van der Waals surface area (Å²) in [6.07, 6.45) is 4.24. The van der Waals surface area contributed by atoms with E-state index in [9.17, 15) is 8.78 Å². The number of benzene rings is 1. The number of anilines is 3. The normalized spacial score (nSPS) is 10.7. The molecule has 0 saturated carbocycles. The second-order valence-corrected chi connectivity index (χ2v) is 5.54. The van der Waals surface area contributed by atoms with Crippen molar-refractivity contribution in [2.75, 3.05) is 11.1 Å². The van der Waals surface area contributed by atoms with Gasteiger partial charge in [-0.1, -0.05) is 0 Å². The van der Waals surface area contributed by atoms with Gasteiger partial charge in [-0.25, -0.2) is 28.4 Å². The molecule has 0 amide bonds. The van der Waals surface area contributed by atoms with Gasteiger partial charge in [0, 0.05) is 23.7 Å². The Labute approximate surface area is 150 Å². The van der Waals surface area contributed by atoms with E-state index in [-0.39, 0.29) is 17.1 Å². The molecule has 8 nitrogen and oxygen atoms in total. The van der Waals surface area contributed by atoms with Gasteiger partial charge in [0.2, 0.25) is 0 Å². The van der Waals surface area contributed by atoms with Crippen molar-refractivity contribution in [3.63, 3.8) is 0 Å². The second kappa shape index (κ2) is 6.30. The third kappa shape index (κ3) is 2.98. The Morgan fingerprint density at radius 2 is 1.74 bits per heavy atom. The Morgan fingerprint density at radius 3 is 2.44 bits per heavy atom. The van der Waals surface area contributed by atoms with Crippen molar-refractivity contribution in [1.82, 2.24) is 24.7 Å². The minimum Gasteiger partial charge on any atom is -0.384 e. The van der Waals surface area contributed by atoms with Gasteiger partial charge in [0.05, 0.1) is 23.3 Å². The summed E-state index contributed by atoms with van der Waals surface area (Å²) in [6.45, 7) is 0. The highest BCUT2D eigenvalue weighted by Crippen LogP contribution is 2.25. The molecule has 10 heteroatoms. The second-order valence-electron chi connectivity index (χ2n) is 5.54. The zero-order chi connectivity index (χ0) is 19.0. The summed E-state index contributed by atoms with van der Waals surface area (Å²) < 4.78 is 29.8. The van der Waals surface area contributed by atoms with E-state index in [1.165, 1.54) is 24.8 Å². The Hall–Kier alpha value is -4.13. The molecule has 3 aromatic heterocycles. The largest absolute Gasteiger partial charge is 0.384 e. The lowest BCUT2D eigenvalue weighted by molar-refractivity contribution is 0.562. The quantitative estimate of drug-likeness (QED) is 0.574. The van der Waals surface area contributed by atoms with Crippen LogP contribution in [0.1, 0.15) is 5.56 Å². The molecule has 132 valence electrons. The van der Waals surface area contributed by atoms with Crippen molar-refractivity contribution >= 4 is 28.4 Å². The minimum atomic E-state index is -0.897. The zero-order valence-corrected chi connectivity index (χ0v) is 13.6. The van der Waals surface area contributed by atoms with Gasteiger partial charge >= 0.3 is 0 Å². The van der Waals surface area contributed by atoms with Gasteiger partial charge in [-0.2, -0.15) is 10.4 Å². The first-order valence-electron chi connectivity index (χ1n) is 7.63.